The number of methoxy groups -OCH3 is 1. The number of hydrogen-bond donors (Lipinski definition) is 0. The summed E-state index contributed by atoms with van der Waals surface area (Å²) >= 11 is 0. The molecule has 0 radical (unpaired) electrons. The van der Waals surface area contributed by atoms with Crippen molar-refractivity contribution in [2.75, 3.05) is 26.1 Å². The lowest BCUT2D eigenvalue weighted by Crippen LogP contribution is -2.08. The quantitative estimate of drug-likeness (QED) is 0.826. The van der Waals surface area contributed by atoms with E-state index in [9.17, 15) is 0 Å². The number of benzene rings is 2. The Labute approximate surface area is 115 Å². The van der Waals surface area contributed by atoms with E-state index in [1.807, 2.05) is 0 Å². The van der Waals surface area contributed by atoms with Crippen LogP contribution in [0.4, 0.5) is 5.69 Å². The van der Waals surface area contributed by atoms with E-state index in [1.165, 1.54) is 22.4 Å². The molecule has 2 nitrogen and oxygen atoms in total. The highest BCUT2D eigenvalue weighted by atomic mass is 16.5. The molecule has 0 amide bonds. The van der Waals surface area contributed by atoms with Gasteiger partial charge >= 0.3 is 0 Å². The van der Waals surface area contributed by atoms with Gasteiger partial charge in [-0.3, -0.25) is 0 Å². The van der Waals surface area contributed by atoms with E-state index in [1.54, 1.807) is 7.11 Å². The standard InChI is InChI=1S/C17H21NO/c1-13-5-6-15(12-17(13)19-4)11-14-7-9-16(10-8-14)18(2)3/h5-10,12H,11H2,1-4H3. The lowest BCUT2D eigenvalue weighted by molar-refractivity contribution is 0.411. The molecule has 0 heterocycles. The summed E-state index contributed by atoms with van der Waals surface area (Å²) in [7, 11) is 5.83. The molecule has 19 heavy (non-hydrogen) atoms. The van der Waals surface area contributed by atoms with Gasteiger partial charge in [0.1, 0.15) is 5.75 Å². The SMILES string of the molecule is COc1cc(Cc2ccc(N(C)C)cc2)ccc1C. The van der Waals surface area contributed by atoms with Gasteiger partial charge in [-0.05, 0) is 48.2 Å². The van der Waals surface area contributed by atoms with Crippen LogP contribution in [-0.2, 0) is 6.42 Å². The second-order valence-corrected chi connectivity index (χ2v) is 5.04. The van der Waals surface area contributed by atoms with Crippen molar-refractivity contribution in [3.8, 4) is 5.75 Å². The molecular formula is C17H21NO. The van der Waals surface area contributed by atoms with Crippen LogP contribution in [0.1, 0.15) is 16.7 Å². The van der Waals surface area contributed by atoms with Crippen molar-refractivity contribution in [2.24, 2.45) is 0 Å². The summed E-state index contributed by atoms with van der Waals surface area (Å²) in [6.07, 6.45) is 0.935. The molecule has 0 bridgehead atoms. The Kier molecular flexibility index (Phi) is 4.10. The van der Waals surface area contributed by atoms with Gasteiger partial charge in [-0.1, -0.05) is 24.3 Å². The monoisotopic (exact) mass is 255 g/mol. The highest BCUT2D eigenvalue weighted by molar-refractivity contribution is 5.47. The summed E-state index contributed by atoms with van der Waals surface area (Å²) < 4.78 is 5.37. The number of anilines is 1. The maximum atomic E-state index is 5.37. The van der Waals surface area contributed by atoms with Crippen LogP contribution in [0.25, 0.3) is 0 Å². The maximum Gasteiger partial charge on any atom is 0.122 e. The Morgan fingerprint density at radius 2 is 1.58 bits per heavy atom. The summed E-state index contributed by atoms with van der Waals surface area (Å²) in [5.74, 6) is 0.961. The van der Waals surface area contributed by atoms with E-state index in [0.29, 0.717) is 0 Å². The predicted molar refractivity (Wildman–Crippen MR) is 81.3 cm³/mol. The maximum absolute atomic E-state index is 5.37. The van der Waals surface area contributed by atoms with Crippen molar-refractivity contribution in [2.45, 2.75) is 13.3 Å². The fraction of sp³-hybridized carbons (Fsp3) is 0.294. The highest BCUT2D eigenvalue weighted by Crippen LogP contribution is 2.21. The number of hydrogen-bond acceptors (Lipinski definition) is 2. The fourth-order valence-corrected chi connectivity index (χ4v) is 2.12. The molecule has 2 aromatic carbocycles. The van der Waals surface area contributed by atoms with E-state index in [4.69, 9.17) is 4.74 Å². The minimum Gasteiger partial charge on any atom is -0.496 e. The molecule has 0 saturated carbocycles. The second kappa shape index (κ2) is 5.79. The van der Waals surface area contributed by atoms with Gasteiger partial charge in [-0.25, -0.2) is 0 Å². The van der Waals surface area contributed by atoms with Gasteiger partial charge in [0.2, 0.25) is 0 Å². The lowest BCUT2D eigenvalue weighted by Gasteiger charge is -2.13. The highest BCUT2D eigenvalue weighted by Gasteiger charge is 2.02. The molecule has 0 aromatic heterocycles. The van der Waals surface area contributed by atoms with Crippen LogP contribution in [0.3, 0.4) is 0 Å². The number of aryl methyl sites for hydroxylation is 1. The van der Waals surface area contributed by atoms with Gasteiger partial charge in [-0.2, -0.15) is 0 Å². The zero-order valence-electron chi connectivity index (χ0n) is 12.1. The minimum absolute atomic E-state index is 0.935. The van der Waals surface area contributed by atoms with Crippen molar-refractivity contribution < 1.29 is 4.74 Å². The molecular weight excluding hydrogens is 234 g/mol. The van der Waals surface area contributed by atoms with Crippen molar-refractivity contribution in [1.29, 1.82) is 0 Å². The Hall–Kier alpha value is -1.96. The van der Waals surface area contributed by atoms with Crippen LogP contribution in [0, 0.1) is 6.92 Å². The van der Waals surface area contributed by atoms with Gasteiger partial charge in [-0.15, -0.1) is 0 Å². The van der Waals surface area contributed by atoms with Crippen LogP contribution >= 0.6 is 0 Å². The molecule has 0 aliphatic rings. The van der Waals surface area contributed by atoms with Crippen molar-refractivity contribution in [1.82, 2.24) is 0 Å². The summed E-state index contributed by atoms with van der Waals surface area (Å²) in [6, 6.07) is 15.1. The van der Waals surface area contributed by atoms with E-state index in [2.05, 4.69) is 68.4 Å². The molecule has 2 heteroatoms. The molecule has 100 valence electrons. The van der Waals surface area contributed by atoms with Gasteiger partial charge in [0.05, 0.1) is 7.11 Å². The van der Waals surface area contributed by atoms with Crippen LogP contribution < -0.4 is 9.64 Å². The Morgan fingerprint density at radius 3 is 2.16 bits per heavy atom. The van der Waals surface area contributed by atoms with E-state index in [0.717, 1.165) is 12.2 Å². The molecule has 0 aliphatic carbocycles. The van der Waals surface area contributed by atoms with Crippen LogP contribution in [0.2, 0.25) is 0 Å². The number of ether oxygens (including phenoxy) is 1. The van der Waals surface area contributed by atoms with E-state index in [-0.39, 0.29) is 0 Å². The first-order chi connectivity index (χ1) is 9.10. The normalized spacial score (nSPS) is 10.3. The van der Waals surface area contributed by atoms with Crippen molar-refractivity contribution in [3.05, 3.63) is 59.2 Å². The number of nitrogens with zero attached hydrogens (tertiary/aromatic N) is 1. The Bertz CT molecular complexity index is 544. The van der Waals surface area contributed by atoms with Gasteiger partial charge in [0, 0.05) is 19.8 Å². The molecule has 0 spiro atoms. The Morgan fingerprint density at radius 1 is 0.947 bits per heavy atom. The van der Waals surface area contributed by atoms with E-state index < -0.39 is 0 Å². The molecule has 0 fully saturated rings. The zero-order valence-corrected chi connectivity index (χ0v) is 12.1. The van der Waals surface area contributed by atoms with Gasteiger partial charge in [0.15, 0.2) is 0 Å². The molecule has 2 rings (SSSR count). The smallest absolute Gasteiger partial charge is 0.122 e. The van der Waals surface area contributed by atoms with Crippen LogP contribution in [0.5, 0.6) is 5.75 Å². The van der Waals surface area contributed by atoms with Crippen molar-refractivity contribution >= 4 is 5.69 Å². The first kappa shape index (κ1) is 13.5. The number of rotatable bonds is 4. The molecule has 0 saturated heterocycles. The zero-order chi connectivity index (χ0) is 13.8. The summed E-state index contributed by atoms with van der Waals surface area (Å²) in [5, 5.41) is 0. The molecule has 2 aromatic rings. The second-order valence-electron chi connectivity index (χ2n) is 5.04. The topological polar surface area (TPSA) is 12.5 Å². The summed E-state index contributed by atoms with van der Waals surface area (Å²) in [6.45, 7) is 2.06. The van der Waals surface area contributed by atoms with Gasteiger partial charge < -0.3 is 9.64 Å². The average Bonchev–Trinajstić information content (AvgIpc) is 2.41. The summed E-state index contributed by atoms with van der Waals surface area (Å²) in [4.78, 5) is 2.11. The first-order valence-electron chi connectivity index (χ1n) is 6.50. The van der Waals surface area contributed by atoms with Gasteiger partial charge in [0.25, 0.3) is 0 Å². The first-order valence-corrected chi connectivity index (χ1v) is 6.50. The molecule has 0 unspecified atom stereocenters. The molecule has 0 aliphatic heterocycles. The van der Waals surface area contributed by atoms with E-state index >= 15 is 0 Å². The third-order valence-corrected chi connectivity index (χ3v) is 3.33. The average molecular weight is 255 g/mol. The predicted octanol–water partition coefficient (Wildman–Crippen LogP) is 3.66. The molecule has 0 N–H and O–H groups in total. The summed E-state index contributed by atoms with van der Waals surface area (Å²) in [5.41, 5.74) is 5.00. The molecule has 0 atom stereocenters. The minimum atomic E-state index is 0.935. The van der Waals surface area contributed by atoms with Crippen molar-refractivity contribution in [3.63, 3.8) is 0 Å². The fourth-order valence-electron chi connectivity index (χ4n) is 2.12. The largest absolute Gasteiger partial charge is 0.496 e. The third kappa shape index (κ3) is 3.28. The lowest BCUT2D eigenvalue weighted by atomic mass is 10.0. The van der Waals surface area contributed by atoms with Crippen LogP contribution in [0.15, 0.2) is 42.5 Å². The van der Waals surface area contributed by atoms with Crippen LogP contribution in [-0.4, -0.2) is 21.2 Å². The third-order valence-electron chi connectivity index (χ3n) is 3.33. The Balaban J connectivity index is 2.16.